The van der Waals surface area contributed by atoms with E-state index in [1.165, 1.54) is 42.1 Å². The van der Waals surface area contributed by atoms with Crippen LogP contribution in [0.1, 0.15) is 0 Å². The Balaban J connectivity index is 1.04. The second kappa shape index (κ2) is 13.3. The fourth-order valence-corrected chi connectivity index (χ4v) is 9.08. The lowest BCUT2D eigenvalue weighted by Crippen LogP contribution is -2.01. The van der Waals surface area contributed by atoms with Crippen molar-refractivity contribution in [3.8, 4) is 62.1 Å². The van der Waals surface area contributed by atoms with Crippen LogP contribution >= 0.6 is 11.3 Å². The van der Waals surface area contributed by atoms with Crippen molar-refractivity contribution in [2.24, 2.45) is 0 Å². The van der Waals surface area contributed by atoms with E-state index in [1.54, 1.807) is 11.3 Å². The van der Waals surface area contributed by atoms with Crippen LogP contribution in [0.15, 0.2) is 194 Å². The Hall–Kier alpha value is -7.21. The highest BCUT2D eigenvalue weighted by atomic mass is 32.1. The number of rotatable bonds is 6. The van der Waals surface area contributed by atoms with Gasteiger partial charge in [0, 0.05) is 53.3 Å². The average Bonchev–Trinajstić information content (AvgIpc) is 3.82. The van der Waals surface area contributed by atoms with E-state index in [0.29, 0.717) is 17.5 Å². The second-order valence-corrected chi connectivity index (χ2v) is 15.1. The maximum absolute atomic E-state index is 5.18. The van der Waals surface area contributed by atoms with Gasteiger partial charge in [0.05, 0.1) is 11.0 Å². The van der Waals surface area contributed by atoms with Crippen molar-refractivity contribution in [1.82, 2.24) is 19.5 Å². The molecule has 0 aliphatic carbocycles. The summed E-state index contributed by atoms with van der Waals surface area (Å²) in [6.45, 7) is 0. The molecule has 0 spiro atoms. The summed E-state index contributed by atoms with van der Waals surface area (Å²) in [6.07, 6.45) is 0. The summed E-state index contributed by atoms with van der Waals surface area (Å²) in [7, 11) is 0. The van der Waals surface area contributed by atoms with Gasteiger partial charge in [-0.1, -0.05) is 152 Å². The van der Waals surface area contributed by atoms with Crippen LogP contribution in [0.4, 0.5) is 0 Å². The van der Waals surface area contributed by atoms with Gasteiger partial charge in [0.1, 0.15) is 0 Å². The van der Waals surface area contributed by atoms with Crippen LogP contribution in [-0.4, -0.2) is 19.5 Å². The van der Waals surface area contributed by atoms with E-state index >= 15 is 0 Å². The highest BCUT2D eigenvalue weighted by Gasteiger charge is 2.17. The van der Waals surface area contributed by atoms with Crippen molar-refractivity contribution in [1.29, 1.82) is 0 Å². The molecule has 5 heteroatoms. The summed E-state index contributed by atoms with van der Waals surface area (Å²) in [5.41, 5.74) is 10.9. The van der Waals surface area contributed by atoms with Crippen LogP contribution in [0.25, 0.3) is 104 Å². The molecule has 0 N–H and O–H groups in total. The molecule has 0 saturated heterocycles. The van der Waals surface area contributed by atoms with Gasteiger partial charge in [0.25, 0.3) is 0 Å². The number of para-hydroxylation sites is 2. The zero-order valence-electron chi connectivity index (χ0n) is 30.2. The zero-order chi connectivity index (χ0) is 37.0. The molecule has 0 aliphatic rings. The van der Waals surface area contributed by atoms with Gasteiger partial charge in [0.2, 0.25) is 0 Å². The van der Waals surface area contributed by atoms with Gasteiger partial charge >= 0.3 is 0 Å². The zero-order valence-corrected chi connectivity index (χ0v) is 31.0. The molecule has 0 bridgehead atoms. The van der Waals surface area contributed by atoms with Gasteiger partial charge < -0.3 is 4.57 Å². The molecule has 8 aromatic carbocycles. The lowest BCUT2D eigenvalue weighted by Gasteiger charge is -2.12. The normalized spacial score (nSPS) is 11.6. The average molecular weight is 733 g/mol. The first kappa shape index (κ1) is 32.2. The molecule has 0 saturated carbocycles. The number of benzene rings is 8. The van der Waals surface area contributed by atoms with Crippen molar-refractivity contribution in [2.45, 2.75) is 0 Å². The second-order valence-electron chi connectivity index (χ2n) is 14.1. The van der Waals surface area contributed by atoms with E-state index in [4.69, 9.17) is 15.0 Å². The van der Waals surface area contributed by atoms with E-state index in [9.17, 15) is 0 Å². The predicted octanol–water partition coefficient (Wildman–Crippen LogP) is 13.7. The first-order valence-electron chi connectivity index (χ1n) is 18.8. The maximum atomic E-state index is 5.18. The minimum atomic E-state index is 0.628. The first-order chi connectivity index (χ1) is 27.7. The van der Waals surface area contributed by atoms with Gasteiger partial charge in [-0.05, 0) is 64.7 Å². The number of hydrogen-bond donors (Lipinski definition) is 0. The molecule has 0 aliphatic heterocycles. The van der Waals surface area contributed by atoms with Crippen molar-refractivity contribution < 1.29 is 0 Å². The van der Waals surface area contributed by atoms with Gasteiger partial charge in [-0.2, -0.15) is 0 Å². The topological polar surface area (TPSA) is 43.6 Å². The molecule has 0 fully saturated rings. The molecule has 0 amide bonds. The van der Waals surface area contributed by atoms with Gasteiger partial charge in [-0.15, -0.1) is 11.3 Å². The van der Waals surface area contributed by atoms with Crippen LogP contribution in [0.2, 0.25) is 0 Å². The molecule has 0 atom stereocenters. The van der Waals surface area contributed by atoms with Crippen molar-refractivity contribution in [2.75, 3.05) is 0 Å². The SMILES string of the molecule is c1ccc(-c2cccc(-c3ccc(-c4nc(-c5cccc(-n6c7ccccc7c7ccccc76)c5)nc(-c5ccc6c(c5)sc5ccccc56)n4)cc3)c2)cc1. The third kappa shape index (κ3) is 5.56. The number of fused-ring (bicyclic) bond motifs is 6. The molecule has 4 nitrogen and oxygen atoms in total. The molecular formula is C51H32N4S. The van der Waals surface area contributed by atoms with Crippen molar-refractivity contribution >= 4 is 53.3 Å². The summed E-state index contributed by atoms with van der Waals surface area (Å²) >= 11 is 1.80. The Morgan fingerprint density at radius 2 is 0.786 bits per heavy atom. The summed E-state index contributed by atoms with van der Waals surface area (Å²) in [5.74, 6) is 1.91. The summed E-state index contributed by atoms with van der Waals surface area (Å²) in [5, 5.41) is 4.97. The molecule has 262 valence electrons. The van der Waals surface area contributed by atoms with E-state index < -0.39 is 0 Å². The summed E-state index contributed by atoms with van der Waals surface area (Å²) in [4.78, 5) is 15.5. The number of thiophene rings is 1. The van der Waals surface area contributed by atoms with E-state index in [-0.39, 0.29) is 0 Å². The first-order valence-corrected chi connectivity index (χ1v) is 19.6. The third-order valence-electron chi connectivity index (χ3n) is 10.7. The number of aromatic nitrogens is 4. The van der Waals surface area contributed by atoms with Gasteiger partial charge in [-0.25, -0.2) is 15.0 Å². The molecular weight excluding hydrogens is 701 g/mol. The lowest BCUT2D eigenvalue weighted by atomic mass is 9.98. The summed E-state index contributed by atoms with van der Waals surface area (Å²) in [6, 6.07) is 68.6. The summed E-state index contributed by atoms with van der Waals surface area (Å²) < 4.78 is 4.81. The number of hydrogen-bond acceptors (Lipinski definition) is 4. The Kier molecular flexibility index (Phi) is 7.64. The fraction of sp³-hybridized carbons (Fsp3) is 0. The van der Waals surface area contributed by atoms with Gasteiger partial charge in [0.15, 0.2) is 17.5 Å². The molecule has 11 aromatic rings. The highest BCUT2D eigenvalue weighted by Crippen LogP contribution is 2.37. The fourth-order valence-electron chi connectivity index (χ4n) is 7.93. The van der Waals surface area contributed by atoms with Crippen LogP contribution < -0.4 is 0 Å². The Morgan fingerprint density at radius 3 is 1.50 bits per heavy atom. The van der Waals surface area contributed by atoms with E-state index in [0.717, 1.165) is 44.5 Å². The Labute approximate surface area is 327 Å². The maximum Gasteiger partial charge on any atom is 0.164 e. The molecule has 0 radical (unpaired) electrons. The predicted molar refractivity (Wildman–Crippen MR) is 234 cm³/mol. The monoisotopic (exact) mass is 732 g/mol. The Bertz CT molecular complexity index is 3200. The van der Waals surface area contributed by atoms with Crippen LogP contribution in [0.3, 0.4) is 0 Å². The third-order valence-corrected chi connectivity index (χ3v) is 11.8. The smallest absolute Gasteiger partial charge is 0.164 e. The van der Waals surface area contributed by atoms with E-state index in [1.807, 2.05) is 0 Å². The Morgan fingerprint density at radius 1 is 0.304 bits per heavy atom. The minimum Gasteiger partial charge on any atom is -0.309 e. The lowest BCUT2D eigenvalue weighted by molar-refractivity contribution is 1.07. The van der Waals surface area contributed by atoms with Crippen LogP contribution in [0, 0.1) is 0 Å². The number of nitrogens with zero attached hydrogens (tertiary/aromatic N) is 4. The molecule has 3 heterocycles. The molecule has 0 unspecified atom stereocenters. The largest absolute Gasteiger partial charge is 0.309 e. The molecule has 56 heavy (non-hydrogen) atoms. The van der Waals surface area contributed by atoms with Crippen LogP contribution in [-0.2, 0) is 0 Å². The van der Waals surface area contributed by atoms with Gasteiger partial charge in [-0.3, -0.25) is 0 Å². The van der Waals surface area contributed by atoms with E-state index in [2.05, 4.69) is 199 Å². The van der Waals surface area contributed by atoms with Crippen molar-refractivity contribution in [3.63, 3.8) is 0 Å². The minimum absolute atomic E-state index is 0.628. The van der Waals surface area contributed by atoms with Crippen molar-refractivity contribution in [3.05, 3.63) is 194 Å². The molecule has 11 rings (SSSR count). The molecule has 3 aromatic heterocycles. The quantitative estimate of drug-likeness (QED) is 0.171. The highest BCUT2D eigenvalue weighted by molar-refractivity contribution is 7.25. The standard InChI is InChI=1S/C51H32N4S/c1-2-12-33(13-3-1)36-14-10-15-37(30-36)34-24-26-35(27-25-34)49-52-50(54-51(53-49)39-28-29-44-43-20-6-9-23-47(43)56-48(44)32-39)38-16-11-17-40(31-38)55-45-21-7-4-18-41(45)42-19-5-8-22-46(42)55/h1-32H. The van der Waals surface area contributed by atoms with Crippen LogP contribution in [0.5, 0.6) is 0 Å².